The lowest BCUT2D eigenvalue weighted by molar-refractivity contribution is 0.0435. The van der Waals surface area contributed by atoms with Crippen LogP contribution in [0.3, 0.4) is 0 Å². The predicted octanol–water partition coefficient (Wildman–Crippen LogP) is 1.96. The average molecular weight is 159 g/mol. The predicted molar refractivity (Wildman–Crippen MR) is 48.6 cm³/mol. The van der Waals surface area contributed by atoms with E-state index in [0.717, 1.165) is 25.8 Å². The normalized spacial score (nSPS) is 13.9. The van der Waals surface area contributed by atoms with Crippen molar-refractivity contribution in [3.63, 3.8) is 0 Å². The Morgan fingerprint density at radius 3 is 2.45 bits per heavy atom. The van der Waals surface area contributed by atoms with E-state index in [2.05, 4.69) is 25.8 Å². The van der Waals surface area contributed by atoms with Crippen molar-refractivity contribution in [2.24, 2.45) is 5.92 Å². The molecule has 0 bridgehead atoms. The van der Waals surface area contributed by atoms with Crippen molar-refractivity contribution in [1.29, 1.82) is 0 Å². The van der Waals surface area contributed by atoms with Crippen LogP contribution in [-0.4, -0.2) is 31.8 Å². The first kappa shape index (κ1) is 10.9. The lowest BCUT2D eigenvalue weighted by Gasteiger charge is -2.19. The maximum atomic E-state index is 5.27. The Hall–Kier alpha value is -0.0800. The van der Waals surface area contributed by atoms with Crippen LogP contribution >= 0.6 is 0 Å². The molecule has 0 N–H and O–H groups in total. The summed E-state index contributed by atoms with van der Waals surface area (Å²) in [7, 11) is 2.10. The van der Waals surface area contributed by atoms with Crippen LogP contribution in [-0.2, 0) is 4.74 Å². The zero-order valence-corrected chi connectivity index (χ0v) is 8.26. The molecular formula is C9H21NO. The topological polar surface area (TPSA) is 12.5 Å². The highest BCUT2D eigenvalue weighted by molar-refractivity contribution is 4.53. The number of hydrogen-bond donors (Lipinski definition) is 0. The van der Waals surface area contributed by atoms with E-state index in [4.69, 9.17) is 4.74 Å². The fraction of sp³-hybridized carbons (Fsp3) is 1.00. The highest BCUT2D eigenvalue weighted by atomic mass is 16.5. The Morgan fingerprint density at radius 2 is 2.00 bits per heavy atom. The molecular weight excluding hydrogens is 138 g/mol. The molecule has 0 aliphatic rings. The largest absolute Gasteiger partial charge is 0.366 e. The maximum absolute atomic E-state index is 5.27. The first-order valence-electron chi connectivity index (χ1n) is 4.47. The number of rotatable bonds is 6. The molecule has 0 saturated carbocycles. The maximum Gasteiger partial charge on any atom is 0.0987 e. The molecule has 0 amide bonds. The summed E-state index contributed by atoms with van der Waals surface area (Å²) in [4.78, 5) is 2.22. The molecule has 68 valence electrons. The van der Waals surface area contributed by atoms with E-state index in [1.54, 1.807) is 0 Å². The van der Waals surface area contributed by atoms with E-state index >= 15 is 0 Å². The van der Waals surface area contributed by atoms with Crippen molar-refractivity contribution in [3.05, 3.63) is 0 Å². The average Bonchev–Trinajstić information content (AvgIpc) is 2.00. The van der Waals surface area contributed by atoms with Crippen LogP contribution < -0.4 is 0 Å². The SMILES string of the molecule is CCOCN(C)CC(C)CC. The Morgan fingerprint density at radius 1 is 1.36 bits per heavy atom. The minimum absolute atomic E-state index is 0.765. The molecule has 0 radical (unpaired) electrons. The van der Waals surface area contributed by atoms with Crippen LogP contribution in [0.1, 0.15) is 27.2 Å². The van der Waals surface area contributed by atoms with Crippen molar-refractivity contribution < 1.29 is 4.74 Å². The third-order valence-electron chi connectivity index (χ3n) is 1.84. The summed E-state index contributed by atoms with van der Waals surface area (Å²) in [5.74, 6) is 0.778. The van der Waals surface area contributed by atoms with Crippen molar-refractivity contribution in [3.8, 4) is 0 Å². The summed E-state index contributed by atoms with van der Waals surface area (Å²) >= 11 is 0. The molecule has 0 spiro atoms. The summed E-state index contributed by atoms with van der Waals surface area (Å²) in [5, 5.41) is 0. The van der Waals surface area contributed by atoms with Gasteiger partial charge in [0.2, 0.25) is 0 Å². The van der Waals surface area contributed by atoms with Gasteiger partial charge in [-0.05, 0) is 19.9 Å². The Balaban J connectivity index is 3.27. The summed E-state index contributed by atoms with van der Waals surface area (Å²) in [5.41, 5.74) is 0. The van der Waals surface area contributed by atoms with E-state index in [0.29, 0.717) is 0 Å². The zero-order valence-electron chi connectivity index (χ0n) is 8.26. The first-order chi connectivity index (χ1) is 5.20. The second-order valence-corrected chi connectivity index (χ2v) is 3.17. The van der Waals surface area contributed by atoms with Gasteiger partial charge in [0.25, 0.3) is 0 Å². The lowest BCUT2D eigenvalue weighted by atomic mass is 10.1. The third-order valence-corrected chi connectivity index (χ3v) is 1.84. The molecule has 0 heterocycles. The smallest absolute Gasteiger partial charge is 0.0987 e. The molecule has 0 aromatic heterocycles. The molecule has 1 atom stereocenters. The highest BCUT2D eigenvalue weighted by Gasteiger charge is 2.02. The van der Waals surface area contributed by atoms with Gasteiger partial charge < -0.3 is 4.74 Å². The minimum Gasteiger partial charge on any atom is -0.366 e. The van der Waals surface area contributed by atoms with Gasteiger partial charge >= 0.3 is 0 Å². The summed E-state index contributed by atoms with van der Waals surface area (Å²) in [6, 6.07) is 0. The molecule has 2 nitrogen and oxygen atoms in total. The second kappa shape index (κ2) is 6.62. The molecule has 0 rings (SSSR count). The highest BCUT2D eigenvalue weighted by Crippen LogP contribution is 2.01. The molecule has 0 saturated heterocycles. The van der Waals surface area contributed by atoms with Gasteiger partial charge in [-0.1, -0.05) is 20.3 Å². The van der Waals surface area contributed by atoms with E-state index in [9.17, 15) is 0 Å². The summed E-state index contributed by atoms with van der Waals surface area (Å²) in [6.45, 7) is 9.22. The monoisotopic (exact) mass is 159 g/mol. The van der Waals surface area contributed by atoms with Crippen molar-refractivity contribution >= 4 is 0 Å². The van der Waals surface area contributed by atoms with Gasteiger partial charge in [0.15, 0.2) is 0 Å². The quantitative estimate of drug-likeness (QED) is 0.549. The fourth-order valence-corrected chi connectivity index (χ4v) is 0.961. The van der Waals surface area contributed by atoms with Gasteiger partial charge in [-0.3, -0.25) is 4.90 Å². The third kappa shape index (κ3) is 6.32. The van der Waals surface area contributed by atoms with Crippen LogP contribution in [0.25, 0.3) is 0 Å². The van der Waals surface area contributed by atoms with E-state index in [-0.39, 0.29) is 0 Å². The first-order valence-corrected chi connectivity index (χ1v) is 4.47. The van der Waals surface area contributed by atoms with E-state index in [1.807, 2.05) is 6.92 Å². The molecule has 11 heavy (non-hydrogen) atoms. The Labute approximate surface area is 70.5 Å². The van der Waals surface area contributed by atoms with Crippen molar-refractivity contribution in [2.75, 3.05) is 26.9 Å². The van der Waals surface area contributed by atoms with E-state index in [1.165, 1.54) is 6.42 Å². The van der Waals surface area contributed by atoms with Gasteiger partial charge in [0.1, 0.15) is 0 Å². The van der Waals surface area contributed by atoms with Crippen LogP contribution in [0.15, 0.2) is 0 Å². The van der Waals surface area contributed by atoms with Gasteiger partial charge in [-0.25, -0.2) is 0 Å². The molecule has 0 aromatic carbocycles. The van der Waals surface area contributed by atoms with Gasteiger partial charge in [0, 0.05) is 13.2 Å². The van der Waals surface area contributed by atoms with Crippen molar-refractivity contribution in [2.45, 2.75) is 27.2 Å². The Bertz CT molecular complexity index is 85.6. The summed E-state index contributed by atoms with van der Waals surface area (Å²) < 4.78 is 5.27. The van der Waals surface area contributed by atoms with Gasteiger partial charge in [-0.15, -0.1) is 0 Å². The minimum atomic E-state index is 0.765. The Kier molecular flexibility index (Phi) is 6.57. The van der Waals surface area contributed by atoms with Gasteiger partial charge in [-0.2, -0.15) is 0 Å². The van der Waals surface area contributed by atoms with Crippen LogP contribution in [0, 0.1) is 5.92 Å². The molecule has 0 aromatic rings. The molecule has 1 unspecified atom stereocenters. The number of ether oxygens (including phenoxy) is 1. The van der Waals surface area contributed by atoms with Crippen molar-refractivity contribution in [1.82, 2.24) is 4.90 Å². The molecule has 0 aliphatic carbocycles. The van der Waals surface area contributed by atoms with Crippen LogP contribution in [0.5, 0.6) is 0 Å². The molecule has 0 fully saturated rings. The fourth-order valence-electron chi connectivity index (χ4n) is 0.961. The second-order valence-electron chi connectivity index (χ2n) is 3.17. The lowest BCUT2D eigenvalue weighted by Crippen LogP contribution is -2.26. The van der Waals surface area contributed by atoms with Crippen LogP contribution in [0.4, 0.5) is 0 Å². The van der Waals surface area contributed by atoms with E-state index < -0.39 is 0 Å². The standard InChI is InChI=1S/C9H21NO/c1-5-9(3)7-10(4)8-11-6-2/h9H,5-8H2,1-4H3. The number of nitrogens with zero attached hydrogens (tertiary/aromatic N) is 1. The molecule has 0 aliphatic heterocycles. The summed E-state index contributed by atoms with van der Waals surface area (Å²) in [6.07, 6.45) is 1.25. The van der Waals surface area contributed by atoms with Gasteiger partial charge in [0.05, 0.1) is 6.73 Å². The zero-order chi connectivity index (χ0) is 8.69. The van der Waals surface area contributed by atoms with Crippen LogP contribution in [0.2, 0.25) is 0 Å². The molecule has 2 heteroatoms. The number of hydrogen-bond acceptors (Lipinski definition) is 2.